The zero-order chi connectivity index (χ0) is 47.5. The highest BCUT2D eigenvalue weighted by molar-refractivity contribution is 6.07. The molecule has 3 aliphatic rings. The van der Waals surface area contributed by atoms with E-state index in [4.69, 9.17) is 30.8 Å². The zero-order valence-electron chi connectivity index (χ0n) is 38.1. The van der Waals surface area contributed by atoms with Crippen molar-refractivity contribution in [3.8, 4) is 0 Å². The van der Waals surface area contributed by atoms with Crippen molar-refractivity contribution >= 4 is 52.2 Å². The molecule has 3 aliphatic heterocycles. The number of unbranched alkanes of at least 4 members (excludes halogenated alkanes) is 2. The number of anilines is 1. The van der Waals surface area contributed by atoms with Crippen LogP contribution in [0.2, 0.25) is 0 Å². The van der Waals surface area contributed by atoms with E-state index in [-0.39, 0.29) is 36.3 Å². The topological polar surface area (TPSA) is 247 Å². The summed E-state index contributed by atoms with van der Waals surface area (Å²) in [7, 11) is 1.72. The van der Waals surface area contributed by atoms with Gasteiger partial charge in [-0.1, -0.05) is 61.0 Å². The molecule has 0 aliphatic carbocycles. The van der Waals surface area contributed by atoms with Crippen molar-refractivity contribution < 1.29 is 43.3 Å². The Bertz CT molecular complexity index is 2460. The quantitative estimate of drug-likeness (QED) is 0.0633. The lowest BCUT2D eigenvalue weighted by Crippen LogP contribution is -2.55. The number of carbonyl (C=O) groups excluding carboxylic acids is 5. The van der Waals surface area contributed by atoms with Crippen LogP contribution in [0.25, 0.3) is 11.0 Å². The Labute approximate surface area is 384 Å². The molecule has 1 unspecified atom stereocenters. The van der Waals surface area contributed by atoms with Crippen LogP contribution in [0.3, 0.4) is 0 Å². The number of ether oxygens (including phenoxy) is 2. The molecule has 1 aromatic heterocycles. The minimum absolute atomic E-state index is 0.0792. The molecule has 5 atom stereocenters. The molecule has 3 aromatic carbocycles. The minimum atomic E-state index is -0.833. The second-order valence-electron chi connectivity index (χ2n) is 17.5. The lowest BCUT2D eigenvalue weighted by molar-refractivity contribution is -0.136. The Morgan fingerprint density at radius 1 is 0.894 bits per heavy atom. The van der Waals surface area contributed by atoms with E-state index < -0.39 is 48.1 Å². The van der Waals surface area contributed by atoms with E-state index in [1.807, 2.05) is 55.5 Å². The van der Waals surface area contributed by atoms with Gasteiger partial charge in [-0.15, -0.1) is 0 Å². The number of primary amides is 1. The molecular weight excluding hydrogens is 847 g/mol. The molecule has 354 valence electrons. The molecule has 17 nitrogen and oxygen atoms in total. The van der Waals surface area contributed by atoms with Crippen molar-refractivity contribution in [2.45, 2.75) is 134 Å². The van der Waals surface area contributed by atoms with Crippen molar-refractivity contribution in [2.75, 3.05) is 18.1 Å². The number of nitrogens with one attached hydrogen (secondary N) is 2. The number of carbonyl (C=O) groups is 6. The number of nitrogens with zero attached hydrogens (tertiary/aromatic N) is 3. The van der Waals surface area contributed by atoms with Gasteiger partial charge in [0.25, 0.3) is 5.97 Å². The number of rotatable bonds is 20. The Hall–Kier alpha value is -6.17. The first-order valence-electron chi connectivity index (χ1n) is 22.9. The molecule has 4 heterocycles. The predicted octanol–water partition coefficient (Wildman–Crippen LogP) is 3.66. The number of amides is 5. The van der Waals surface area contributed by atoms with E-state index in [0.717, 1.165) is 78.9 Å². The number of aryl methyl sites for hydroxylation is 4. The van der Waals surface area contributed by atoms with Crippen LogP contribution in [-0.2, 0) is 77.6 Å². The molecule has 1 fully saturated rings. The molecule has 66 heavy (non-hydrogen) atoms. The SMILES string of the molecule is CC(=O)O.C[C@@H](OCc1ccc(CCCCCOCCCc2cccc3c2n(C)c(=O)n3C2CCC(=O)NC2=O)cc1)[C@H](CCC(N)=O)NC(=O)[C@@H]1Cc2cccc3c2N1C(=O)[C@@H](N)CC3. The monoisotopic (exact) mass is 909 g/mol. The van der Waals surface area contributed by atoms with E-state index in [1.54, 1.807) is 16.5 Å². The highest BCUT2D eigenvalue weighted by Crippen LogP contribution is 2.39. The summed E-state index contributed by atoms with van der Waals surface area (Å²) in [6, 6.07) is 17.3. The maximum atomic E-state index is 13.8. The highest BCUT2D eigenvalue weighted by Gasteiger charge is 2.43. The van der Waals surface area contributed by atoms with Crippen molar-refractivity contribution in [3.63, 3.8) is 0 Å². The number of carboxylic acids is 1. The molecule has 0 spiro atoms. The zero-order valence-corrected chi connectivity index (χ0v) is 38.1. The third-order valence-electron chi connectivity index (χ3n) is 12.6. The smallest absolute Gasteiger partial charge is 0.329 e. The maximum absolute atomic E-state index is 13.8. The number of benzene rings is 3. The minimum Gasteiger partial charge on any atom is -0.481 e. The van der Waals surface area contributed by atoms with E-state index >= 15 is 0 Å². The van der Waals surface area contributed by atoms with Gasteiger partial charge in [-0.25, -0.2) is 4.79 Å². The van der Waals surface area contributed by atoms with Crippen LogP contribution in [0.15, 0.2) is 65.5 Å². The summed E-state index contributed by atoms with van der Waals surface area (Å²) in [5.41, 5.74) is 19.0. The van der Waals surface area contributed by atoms with Crippen LogP contribution in [0.1, 0.15) is 105 Å². The average Bonchev–Trinajstić information content (AvgIpc) is 3.76. The molecule has 4 aromatic rings. The third kappa shape index (κ3) is 12.2. The van der Waals surface area contributed by atoms with E-state index in [9.17, 15) is 28.8 Å². The summed E-state index contributed by atoms with van der Waals surface area (Å²) in [6.07, 6.45) is 7.51. The summed E-state index contributed by atoms with van der Waals surface area (Å²) in [5, 5.41) is 12.9. The van der Waals surface area contributed by atoms with Gasteiger partial charge in [-0.2, -0.15) is 0 Å². The number of nitrogens with two attached hydrogens (primary N) is 2. The normalized spacial score (nSPS) is 18.8. The molecule has 0 bridgehead atoms. The summed E-state index contributed by atoms with van der Waals surface area (Å²) in [5.74, 6) is -2.61. The second kappa shape index (κ2) is 22.8. The fraction of sp³-hybridized carbons (Fsp3) is 0.490. The van der Waals surface area contributed by atoms with Crippen LogP contribution in [0.4, 0.5) is 5.69 Å². The summed E-state index contributed by atoms with van der Waals surface area (Å²) >= 11 is 0. The number of hydrogen-bond donors (Lipinski definition) is 5. The Balaban J connectivity index is 0.00000173. The Kier molecular flexibility index (Phi) is 17.0. The van der Waals surface area contributed by atoms with Crippen LogP contribution < -0.4 is 32.7 Å². The number of para-hydroxylation sites is 2. The van der Waals surface area contributed by atoms with Gasteiger partial charge < -0.3 is 31.4 Å². The third-order valence-corrected chi connectivity index (χ3v) is 12.6. The summed E-state index contributed by atoms with van der Waals surface area (Å²) < 4.78 is 15.3. The van der Waals surface area contributed by atoms with Crippen LogP contribution in [0.5, 0.6) is 0 Å². The Morgan fingerprint density at radius 2 is 1.59 bits per heavy atom. The molecule has 17 heteroatoms. The summed E-state index contributed by atoms with van der Waals surface area (Å²) in [4.78, 5) is 87.0. The lowest BCUT2D eigenvalue weighted by atomic mass is 10.0. The molecule has 5 amide bonds. The number of aliphatic carboxylic acids is 1. The second-order valence-corrected chi connectivity index (χ2v) is 17.5. The number of aromatic nitrogens is 2. The first kappa shape index (κ1) is 49.3. The number of imide groups is 1. The number of hydrogen-bond acceptors (Lipinski definition) is 10. The van der Waals surface area contributed by atoms with Gasteiger partial charge in [0.1, 0.15) is 12.1 Å². The molecule has 1 saturated heterocycles. The highest BCUT2D eigenvalue weighted by atomic mass is 16.5. The van der Waals surface area contributed by atoms with E-state index in [2.05, 4.69) is 22.8 Å². The van der Waals surface area contributed by atoms with Gasteiger partial charge in [0.05, 0.1) is 41.5 Å². The number of carboxylic acid groups (broad SMARTS) is 1. The van der Waals surface area contributed by atoms with Gasteiger partial charge in [0.15, 0.2) is 0 Å². The maximum Gasteiger partial charge on any atom is 0.329 e. The predicted molar refractivity (Wildman–Crippen MR) is 247 cm³/mol. The largest absolute Gasteiger partial charge is 0.481 e. The molecule has 0 radical (unpaired) electrons. The molecular formula is C49H63N7O10. The number of imidazole rings is 1. The first-order valence-corrected chi connectivity index (χ1v) is 22.9. The van der Waals surface area contributed by atoms with E-state index in [0.29, 0.717) is 57.4 Å². The van der Waals surface area contributed by atoms with Crippen LogP contribution >= 0.6 is 0 Å². The fourth-order valence-corrected chi connectivity index (χ4v) is 9.14. The average molecular weight is 910 g/mol. The molecule has 7 rings (SSSR count). The standard InChI is InChI=1S/C47H59N7O8.C2H4O2/c1-29(36(21-23-40(49)55)50-45(58)39-27-34-12-6-10-33-19-20-35(48)46(59)54(39)42(33)34)62-28-31-17-15-30(16-18-31)9-4-3-5-25-61-26-8-13-32-11-7-14-37-43(32)52(2)47(60)53(37)38-22-24-41(56)51-44(38)57;1-2(3)4/h6-7,10-12,14-18,29,35-36,38-39H,3-5,8-9,13,19-28,48H2,1-2H3,(H2,49,55)(H,50,58)(H,51,56,57);1H3,(H,3,4)/t29-,35+,36+,38?,39+;/m1./s1. The van der Waals surface area contributed by atoms with Crippen LogP contribution in [-0.4, -0.2) is 87.2 Å². The van der Waals surface area contributed by atoms with Gasteiger partial charge in [0.2, 0.25) is 29.5 Å². The molecule has 7 N–H and O–H groups in total. The Morgan fingerprint density at radius 3 is 2.32 bits per heavy atom. The summed E-state index contributed by atoms with van der Waals surface area (Å²) in [6.45, 7) is 4.55. The van der Waals surface area contributed by atoms with Crippen LogP contribution in [0, 0.1) is 0 Å². The van der Waals surface area contributed by atoms with Gasteiger partial charge >= 0.3 is 5.69 Å². The van der Waals surface area contributed by atoms with E-state index in [1.165, 1.54) is 10.1 Å². The van der Waals surface area contributed by atoms with Crippen molar-refractivity contribution in [3.05, 3.63) is 99.0 Å². The van der Waals surface area contributed by atoms with Gasteiger partial charge in [-0.05, 0) is 98.6 Å². The molecule has 0 saturated carbocycles. The van der Waals surface area contributed by atoms with Crippen molar-refractivity contribution in [1.82, 2.24) is 19.8 Å². The lowest BCUT2D eigenvalue weighted by Gasteiger charge is -2.30. The fourth-order valence-electron chi connectivity index (χ4n) is 9.14. The number of piperidine rings is 1. The van der Waals surface area contributed by atoms with Gasteiger partial charge in [-0.3, -0.25) is 48.1 Å². The first-order chi connectivity index (χ1) is 31.6. The van der Waals surface area contributed by atoms with Crippen molar-refractivity contribution in [2.24, 2.45) is 18.5 Å². The van der Waals surface area contributed by atoms with Crippen molar-refractivity contribution in [1.29, 1.82) is 0 Å². The number of fused-ring (bicyclic) bond motifs is 1. The van der Waals surface area contributed by atoms with Gasteiger partial charge in [0, 0.05) is 46.4 Å².